The van der Waals surface area contributed by atoms with E-state index >= 15 is 0 Å². The lowest BCUT2D eigenvalue weighted by Gasteiger charge is -2.08. The minimum Gasteiger partial charge on any atom is -0.497 e. The first-order chi connectivity index (χ1) is 9.71. The number of nitrogens with zero attached hydrogens (tertiary/aromatic N) is 2. The van der Waals surface area contributed by atoms with Gasteiger partial charge in [0.1, 0.15) is 17.4 Å². The fraction of sp³-hybridized carbons (Fsp3) is 0.286. The number of hydrogen-bond acceptors (Lipinski definition) is 6. The molecule has 106 valence electrons. The molecule has 0 aliphatic heterocycles. The summed E-state index contributed by atoms with van der Waals surface area (Å²) in [6.07, 6.45) is 0.892. The Hall–Kier alpha value is -2.50. The molecule has 0 unspecified atom stereocenters. The second-order valence-corrected chi connectivity index (χ2v) is 4.27. The molecular formula is C14H19N5O. The zero-order chi connectivity index (χ0) is 14.4. The van der Waals surface area contributed by atoms with Crippen molar-refractivity contribution in [3.63, 3.8) is 0 Å². The van der Waals surface area contributed by atoms with E-state index in [1.165, 1.54) is 5.56 Å². The lowest BCUT2D eigenvalue weighted by molar-refractivity contribution is 0.414. The first-order valence-electron chi connectivity index (χ1n) is 6.40. The molecule has 6 heteroatoms. The Morgan fingerprint density at radius 1 is 1.15 bits per heavy atom. The average Bonchev–Trinajstić information content (AvgIpc) is 2.47. The Balaban J connectivity index is 1.90. The van der Waals surface area contributed by atoms with Crippen molar-refractivity contribution in [2.24, 2.45) is 0 Å². The molecule has 1 heterocycles. The van der Waals surface area contributed by atoms with E-state index in [0.717, 1.165) is 24.5 Å². The molecule has 0 amide bonds. The normalized spacial score (nSPS) is 10.1. The van der Waals surface area contributed by atoms with E-state index in [1.807, 2.05) is 30.3 Å². The van der Waals surface area contributed by atoms with Crippen LogP contribution in [0.25, 0.3) is 0 Å². The van der Waals surface area contributed by atoms with Gasteiger partial charge >= 0.3 is 0 Å². The first-order valence-corrected chi connectivity index (χ1v) is 6.40. The largest absolute Gasteiger partial charge is 0.497 e. The van der Waals surface area contributed by atoms with Crippen molar-refractivity contribution in [3.05, 3.63) is 35.9 Å². The number of rotatable bonds is 6. The van der Waals surface area contributed by atoms with E-state index in [-0.39, 0.29) is 5.95 Å². The van der Waals surface area contributed by atoms with Crippen molar-refractivity contribution in [2.45, 2.75) is 6.42 Å². The van der Waals surface area contributed by atoms with Crippen LogP contribution in [0, 0.1) is 0 Å². The van der Waals surface area contributed by atoms with Crippen LogP contribution in [0.2, 0.25) is 0 Å². The summed E-state index contributed by atoms with van der Waals surface area (Å²) >= 11 is 0. The summed E-state index contributed by atoms with van der Waals surface area (Å²) in [6.45, 7) is 0.770. The lowest BCUT2D eigenvalue weighted by Crippen LogP contribution is -2.09. The molecule has 1 aromatic carbocycles. The fourth-order valence-electron chi connectivity index (χ4n) is 1.81. The number of aromatic nitrogens is 2. The summed E-state index contributed by atoms with van der Waals surface area (Å²) in [5.41, 5.74) is 6.86. The highest BCUT2D eigenvalue weighted by molar-refractivity contribution is 5.50. The van der Waals surface area contributed by atoms with Crippen LogP contribution < -0.4 is 21.1 Å². The third-order valence-corrected chi connectivity index (χ3v) is 2.88. The van der Waals surface area contributed by atoms with Gasteiger partial charge < -0.3 is 21.1 Å². The van der Waals surface area contributed by atoms with Crippen LogP contribution in [-0.4, -0.2) is 30.7 Å². The molecule has 0 bridgehead atoms. The second kappa shape index (κ2) is 6.60. The van der Waals surface area contributed by atoms with Crippen LogP contribution in [0.4, 0.5) is 17.6 Å². The summed E-state index contributed by atoms with van der Waals surface area (Å²) in [5.74, 6) is 2.53. The SMILES string of the molecule is CNc1cc(NCCc2ccc(OC)cc2)nc(N)n1. The van der Waals surface area contributed by atoms with Crippen LogP contribution >= 0.6 is 0 Å². The third kappa shape index (κ3) is 3.74. The van der Waals surface area contributed by atoms with Crippen LogP contribution in [-0.2, 0) is 6.42 Å². The quantitative estimate of drug-likeness (QED) is 0.743. The molecule has 1 aromatic heterocycles. The van der Waals surface area contributed by atoms with Gasteiger partial charge in [0.2, 0.25) is 5.95 Å². The molecule has 0 radical (unpaired) electrons. The van der Waals surface area contributed by atoms with E-state index in [0.29, 0.717) is 5.82 Å². The van der Waals surface area contributed by atoms with Crippen LogP contribution in [0.15, 0.2) is 30.3 Å². The van der Waals surface area contributed by atoms with Crippen LogP contribution in [0.1, 0.15) is 5.56 Å². The van der Waals surface area contributed by atoms with Gasteiger partial charge in [-0.3, -0.25) is 0 Å². The number of benzene rings is 1. The molecule has 0 aliphatic rings. The molecule has 2 aromatic rings. The maximum Gasteiger partial charge on any atom is 0.223 e. The van der Waals surface area contributed by atoms with Crippen molar-refractivity contribution < 1.29 is 4.74 Å². The monoisotopic (exact) mass is 273 g/mol. The Bertz CT molecular complexity index is 556. The van der Waals surface area contributed by atoms with Gasteiger partial charge in [-0.15, -0.1) is 0 Å². The van der Waals surface area contributed by atoms with Crippen LogP contribution in [0.3, 0.4) is 0 Å². The molecule has 0 fully saturated rings. The van der Waals surface area contributed by atoms with E-state index < -0.39 is 0 Å². The summed E-state index contributed by atoms with van der Waals surface area (Å²) in [4.78, 5) is 8.18. The third-order valence-electron chi connectivity index (χ3n) is 2.88. The van der Waals surface area contributed by atoms with Crippen molar-refractivity contribution >= 4 is 17.6 Å². The molecular weight excluding hydrogens is 254 g/mol. The van der Waals surface area contributed by atoms with Gasteiger partial charge in [0.25, 0.3) is 0 Å². The Labute approximate surface area is 118 Å². The Morgan fingerprint density at radius 2 is 1.85 bits per heavy atom. The van der Waals surface area contributed by atoms with Crippen molar-refractivity contribution in [1.82, 2.24) is 9.97 Å². The zero-order valence-corrected chi connectivity index (χ0v) is 11.7. The summed E-state index contributed by atoms with van der Waals surface area (Å²) in [7, 11) is 3.46. The minimum absolute atomic E-state index is 0.254. The Kier molecular flexibility index (Phi) is 4.60. The topological polar surface area (TPSA) is 85.1 Å². The van der Waals surface area contributed by atoms with E-state index in [4.69, 9.17) is 10.5 Å². The van der Waals surface area contributed by atoms with Crippen molar-refractivity contribution in [1.29, 1.82) is 0 Å². The van der Waals surface area contributed by atoms with Gasteiger partial charge in [0.15, 0.2) is 0 Å². The molecule has 0 saturated carbocycles. The summed E-state index contributed by atoms with van der Waals surface area (Å²) in [6, 6.07) is 9.83. The van der Waals surface area contributed by atoms with Crippen molar-refractivity contribution in [3.8, 4) is 5.75 Å². The first kappa shape index (κ1) is 13.9. The fourth-order valence-corrected chi connectivity index (χ4v) is 1.81. The summed E-state index contributed by atoms with van der Waals surface area (Å²) in [5, 5.41) is 6.18. The predicted octanol–water partition coefficient (Wildman–Crippen LogP) is 1.76. The Morgan fingerprint density at radius 3 is 2.50 bits per heavy atom. The van der Waals surface area contributed by atoms with Gasteiger partial charge in [-0.2, -0.15) is 9.97 Å². The van der Waals surface area contributed by atoms with E-state index in [9.17, 15) is 0 Å². The second-order valence-electron chi connectivity index (χ2n) is 4.27. The number of methoxy groups -OCH3 is 1. The minimum atomic E-state index is 0.254. The number of ether oxygens (including phenoxy) is 1. The molecule has 2 rings (SSSR count). The molecule has 0 spiro atoms. The van der Waals surface area contributed by atoms with Gasteiger partial charge in [0, 0.05) is 19.7 Å². The molecule has 0 saturated heterocycles. The molecule has 20 heavy (non-hydrogen) atoms. The standard InChI is InChI=1S/C14H19N5O/c1-16-12-9-13(19-14(15)18-12)17-8-7-10-3-5-11(20-2)6-4-10/h3-6,9H,7-8H2,1-2H3,(H4,15,16,17,18,19). The smallest absolute Gasteiger partial charge is 0.223 e. The highest BCUT2D eigenvalue weighted by Gasteiger charge is 2.01. The van der Waals surface area contributed by atoms with E-state index in [1.54, 1.807) is 14.2 Å². The van der Waals surface area contributed by atoms with Gasteiger partial charge in [0.05, 0.1) is 7.11 Å². The number of anilines is 3. The number of nitrogens with one attached hydrogen (secondary N) is 2. The van der Waals surface area contributed by atoms with Gasteiger partial charge in [-0.25, -0.2) is 0 Å². The van der Waals surface area contributed by atoms with Crippen molar-refractivity contribution in [2.75, 3.05) is 37.1 Å². The number of nitrogens with two attached hydrogens (primary N) is 1. The molecule has 0 atom stereocenters. The van der Waals surface area contributed by atoms with E-state index in [2.05, 4.69) is 20.6 Å². The highest BCUT2D eigenvalue weighted by Crippen LogP contribution is 2.13. The molecule has 6 nitrogen and oxygen atoms in total. The average molecular weight is 273 g/mol. The highest BCUT2D eigenvalue weighted by atomic mass is 16.5. The van der Waals surface area contributed by atoms with Gasteiger partial charge in [-0.05, 0) is 24.1 Å². The maximum atomic E-state index is 5.63. The zero-order valence-electron chi connectivity index (χ0n) is 11.7. The number of nitrogen functional groups attached to an aromatic ring is 1. The summed E-state index contributed by atoms with van der Waals surface area (Å²) < 4.78 is 5.13. The number of hydrogen-bond donors (Lipinski definition) is 3. The van der Waals surface area contributed by atoms with Gasteiger partial charge in [-0.1, -0.05) is 12.1 Å². The molecule has 4 N–H and O–H groups in total. The molecule has 0 aliphatic carbocycles. The maximum absolute atomic E-state index is 5.63. The lowest BCUT2D eigenvalue weighted by atomic mass is 10.1. The van der Waals surface area contributed by atoms with Crippen LogP contribution in [0.5, 0.6) is 5.75 Å². The predicted molar refractivity (Wildman–Crippen MR) is 81.2 cm³/mol.